The van der Waals surface area contributed by atoms with E-state index in [4.69, 9.17) is 14.2 Å². The SMILES string of the molecule is CCCCCCCCC(OC(C)(C)Cc1ccc(O)c(CC(C)(C)OC(CCCCCCCC)c2ccccc2)c1CC(C)(C)OC(CCCCCCCC)c1ccccc1)c1ccccc1. The highest BCUT2D eigenvalue weighted by Gasteiger charge is 2.34. The van der Waals surface area contributed by atoms with Crippen LogP contribution in [0.2, 0.25) is 0 Å². The lowest BCUT2D eigenvalue weighted by atomic mass is 9.82. The Labute approximate surface area is 411 Å². The maximum atomic E-state index is 12.1. The van der Waals surface area contributed by atoms with Gasteiger partial charge in [0.2, 0.25) is 0 Å². The average Bonchev–Trinajstić information content (AvgIpc) is 3.31. The molecular formula is C63H96O4. The molecule has 0 heterocycles. The van der Waals surface area contributed by atoms with Crippen molar-refractivity contribution in [2.24, 2.45) is 0 Å². The van der Waals surface area contributed by atoms with Crippen LogP contribution in [-0.4, -0.2) is 21.9 Å². The first-order valence-electron chi connectivity index (χ1n) is 27.3. The van der Waals surface area contributed by atoms with Gasteiger partial charge < -0.3 is 19.3 Å². The monoisotopic (exact) mass is 917 g/mol. The van der Waals surface area contributed by atoms with E-state index in [9.17, 15) is 5.11 Å². The van der Waals surface area contributed by atoms with Gasteiger partial charge in [0.25, 0.3) is 0 Å². The van der Waals surface area contributed by atoms with E-state index in [2.05, 4.69) is 159 Å². The van der Waals surface area contributed by atoms with Crippen molar-refractivity contribution in [1.82, 2.24) is 0 Å². The lowest BCUT2D eigenvalue weighted by Crippen LogP contribution is -2.35. The molecule has 4 rings (SSSR count). The Hall–Kier alpha value is -3.44. The molecule has 4 aromatic rings. The molecule has 0 aromatic heterocycles. The largest absolute Gasteiger partial charge is 0.508 e. The first-order valence-corrected chi connectivity index (χ1v) is 27.3. The molecule has 0 bridgehead atoms. The van der Waals surface area contributed by atoms with Gasteiger partial charge in [0.05, 0.1) is 35.1 Å². The molecule has 0 spiro atoms. The van der Waals surface area contributed by atoms with Crippen LogP contribution in [0.1, 0.15) is 249 Å². The number of aromatic hydroxyl groups is 1. The molecule has 1 N–H and O–H groups in total. The summed E-state index contributed by atoms with van der Waals surface area (Å²) in [6.45, 7) is 20.3. The molecule has 67 heavy (non-hydrogen) atoms. The first kappa shape index (κ1) is 56.2. The van der Waals surface area contributed by atoms with Crippen molar-refractivity contribution in [3.8, 4) is 5.75 Å². The minimum atomic E-state index is -0.565. The summed E-state index contributed by atoms with van der Waals surface area (Å²) in [6, 6.07) is 36.5. The zero-order valence-electron chi connectivity index (χ0n) is 44.2. The van der Waals surface area contributed by atoms with Crippen LogP contribution in [0.3, 0.4) is 0 Å². The number of hydrogen-bond donors (Lipinski definition) is 1. The highest BCUT2D eigenvalue weighted by Crippen LogP contribution is 2.40. The molecule has 0 aliphatic heterocycles. The van der Waals surface area contributed by atoms with Gasteiger partial charge in [-0.1, -0.05) is 233 Å². The fraction of sp³-hybridized carbons (Fsp3) is 0.619. The van der Waals surface area contributed by atoms with E-state index in [-0.39, 0.29) is 18.3 Å². The molecular weight excluding hydrogens is 821 g/mol. The van der Waals surface area contributed by atoms with E-state index in [0.29, 0.717) is 25.0 Å². The van der Waals surface area contributed by atoms with Crippen LogP contribution in [0.5, 0.6) is 5.75 Å². The van der Waals surface area contributed by atoms with E-state index in [1.54, 1.807) is 0 Å². The second kappa shape index (κ2) is 30.2. The van der Waals surface area contributed by atoms with Crippen molar-refractivity contribution in [3.05, 3.63) is 137 Å². The standard InChI is InChI=1S/C63H96O4/c1-10-13-16-19-22-34-43-58(51-37-28-25-29-38-51)65-61(4,5)48-54-46-47-57(64)56(50-63(8,9)67-60(53-41-32-27-33-42-53)45-36-24-21-18-15-12-3)55(54)49-62(6,7)66-59(52-39-30-26-31-40-52)44-35-23-20-17-14-11-2/h25-33,37-42,46-47,58-60,64H,10-24,34-36,43-45,48-50H2,1-9H3. The van der Waals surface area contributed by atoms with Crippen LogP contribution >= 0.6 is 0 Å². The van der Waals surface area contributed by atoms with Gasteiger partial charge in [-0.2, -0.15) is 0 Å². The van der Waals surface area contributed by atoms with E-state index >= 15 is 0 Å². The summed E-state index contributed by atoms with van der Waals surface area (Å²) < 4.78 is 21.8. The van der Waals surface area contributed by atoms with Crippen molar-refractivity contribution in [3.63, 3.8) is 0 Å². The maximum absolute atomic E-state index is 12.1. The summed E-state index contributed by atoms with van der Waals surface area (Å²) >= 11 is 0. The summed E-state index contributed by atoms with van der Waals surface area (Å²) in [5.74, 6) is 0.328. The highest BCUT2D eigenvalue weighted by molar-refractivity contribution is 5.47. The third-order valence-corrected chi connectivity index (χ3v) is 13.7. The fourth-order valence-electron chi connectivity index (χ4n) is 10.1. The fourth-order valence-corrected chi connectivity index (χ4v) is 10.1. The van der Waals surface area contributed by atoms with E-state index in [1.807, 2.05) is 6.07 Å². The van der Waals surface area contributed by atoms with E-state index in [1.165, 1.54) is 119 Å². The quantitative estimate of drug-likeness (QED) is 0.0462. The van der Waals surface area contributed by atoms with Gasteiger partial charge in [-0.05, 0) is 94.7 Å². The number of unbranched alkanes of at least 4 members (excludes halogenated alkanes) is 15. The molecule has 0 saturated carbocycles. The molecule has 3 atom stereocenters. The molecule has 0 saturated heterocycles. The predicted octanol–water partition coefficient (Wildman–Crippen LogP) is 18.9. The normalized spacial score (nSPS) is 13.7. The molecule has 0 aliphatic carbocycles. The summed E-state index contributed by atoms with van der Waals surface area (Å²) in [7, 11) is 0. The summed E-state index contributed by atoms with van der Waals surface area (Å²) in [4.78, 5) is 0. The molecule has 4 nitrogen and oxygen atoms in total. The molecule has 4 heteroatoms. The Bertz CT molecular complexity index is 1870. The van der Waals surface area contributed by atoms with Crippen LogP contribution < -0.4 is 0 Å². The number of ether oxygens (including phenoxy) is 3. The minimum absolute atomic E-state index is 0.00434. The minimum Gasteiger partial charge on any atom is -0.508 e. The van der Waals surface area contributed by atoms with Crippen LogP contribution in [0.15, 0.2) is 103 Å². The number of hydrogen-bond acceptors (Lipinski definition) is 4. The Morgan fingerprint density at radius 1 is 0.358 bits per heavy atom. The molecule has 0 radical (unpaired) electrons. The predicted molar refractivity (Wildman–Crippen MR) is 286 cm³/mol. The van der Waals surface area contributed by atoms with Crippen molar-refractivity contribution >= 4 is 0 Å². The maximum Gasteiger partial charge on any atom is 0.119 e. The smallest absolute Gasteiger partial charge is 0.119 e. The van der Waals surface area contributed by atoms with Crippen molar-refractivity contribution in [1.29, 1.82) is 0 Å². The average molecular weight is 917 g/mol. The van der Waals surface area contributed by atoms with Crippen LogP contribution in [-0.2, 0) is 33.5 Å². The molecule has 3 unspecified atom stereocenters. The Morgan fingerprint density at radius 2 is 0.657 bits per heavy atom. The van der Waals surface area contributed by atoms with Crippen LogP contribution in [0.4, 0.5) is 0 Å². The third kappa shape index (κ3) is 21.4. The number of phenolic OH excluding ortho intramolecular Hbond substituents is 1. The van der Waals surface area contributed by atoms with Crippen molar-refractivity contribution in [2.75, 3.05) is 0 Å². The lowest BCUT2D eigenvalue weighted by Gasteiger charge is -2.37. The van der Waals surface area contributed by atoms with Crippen molar-refractivity contribution < 1.29 is 19.3 Å². The zero-order chi connectivity index (χ0) is 48.4. The first-order chi connectivity index (χ1) is 32.3. The molecule has 0 aliphatic rings. The lowest BCUT2D eigenvalue weighted by molar-refractivity contribution is -0.0823. The van der Waals surface area contributed by atoms with Crippen LogP contribution in [0.25, 0.3) is 0 Å². The second-order valence-electron chi connectivity index (χ2n) is 21.7. The molecule has 0 fully saturated rings. The van der Waals surface area contributed by atoms with Gasteiger partial charge >= 0.3 is 0 Å². The summed E-state index contributed by atoms with van der Waals surface area (Å²) in [5, 5.41) is 12.1. The Kier molecular flexibility index (Phi) is 25.3. The van der Waals surface area contributed by atoms with Crippen molar-refractivity contribution in [2.45, 2.75) is 252 Å². The van der Waals surface area contributed by atoms with Gasteiger partial charge in [-0.25, -0.2) is 0 Å². The van der Waals surface area contributed by atoms with Gasteiger partial charge in [-0.3, -0.25) is 0 Å². The van der Waals surface area contributed by atoms with Gasteiger partial charge in [0.15, 0.2) is 0 Å². The number of benzene rings is 4. The van der Waals surface area contributed by atoms with Gasteiger partial charge in [0, 0.05) is 24.8 Å². The summed E-state index contributed by atoms with van der Waals surface area (Å²) in [6.07, 6.45) is 27.4. The van der Waals surface area contributed by atoms with E-state index in [0.717, 1.165) is 49.7 Å². The molecule has 372 valence electrons. The second-order valence-corrected chi connectivity index (χ2v) is 21.7. The van der Waals surface area contributed by atoms with Gasteiger partial charge in [0.1, 0.15) is 5.75 Å². The Morgan fingerprint density at radius 3 is 1.00 bits per heavy atom. The zero-order valence-corrected chi connectivity index (χ0v) is 44.2. The third-order valence-electron chi connectivity index (χ3n) is 13.7. The highest BCUT2D eigenvalue weighted by atomic mass is 16.5. The number of phenols is 1. The molecule has 4 aromatic carbocycles. The van der Waals surface area contributed by atoms with E-state index < -0.39 is 16.8 Å². The summed E-state index contributed by atoms with van der Waals surface area (Å²) in [5.41, 5.74) is 5.44. The van der Waals surface area contributed by atoms with Gasteiger partial charge in [-0.15, -0.1) is 0 Å². The topological polar surface area (TPSA) is 47.9 Å². The Balaban J connectivity index is 1.69. The van der Waals surface area contributed by atoms with Crippen LogP contribution in [0, 0.1) is 0 Å². The number of rotatable bonds is 36. The molecule has 0 amide bonds.